The summed E-state index contributed by atoms with van der Waals surface area (Å²) < 4.78 is 11.0. The van der Waals surface area contributed by atoms with Crippen LogP contribution in [0.4, 0.5) is 11.8 Å². The van der Waals surface area contributed by atoms with Gasteiger partial charge in [0.1, 0.15) is 17.6 Å². The van der Waals surface area contributed by atoms with Crippen molar-refractivity contribution >= 4 is 28.7 Å². The lowest BCUT2D eigenvalue weighted by Gasteiger charge is -2.35. The van der Waals surface area contributed by atoms with Crippen LogP contribution in [0.15, 0.2) is 30.3 Å². The first kappa shape index (κ1) is 24.2. The Morgan fingerprint density at radius 2 is 2.11 bits per heavy atom. The summed E-state index contributed by atoms with van der Waals surface area (Å²) in [5, 5.41) is 16.8. The van der Waals surface area contributed by atoms with E-state index >= 15 is 0 Å². The van der Waals surface area contributed by atoms with Crippen LogP contribution in [0.5, 0.6) is 5.75 Å². The molecule has 0 aliphatic carbocycles. The molecule has 1 aromatic carbocycles. The Morgan fingerprint density at radius 3 is 2.92 bits per heavy atom. The van der Waals surface area contributed by atoms with Crippen LogP contribution >= 0.6 is 0 Å². The van der Waals surface area contributed by atoms with Crippen molar-refractivity contribution in [3.8, 4) is 17.0 Å². The summed E-state index contributed by atoms with van der Waals surface area (Å²) in [5.74, 6) is 1.75. The number of fused-ring (bicyclic) bond motifs is 1. The van der Waals surface area contributed by atoms with Gasteiger partial charge in [-0.3, -0.25) is 4.79 Å². The molecule has 2 saturated heterocycles. The molecule has 2 atom stereocenters. The summed E-state index contributed by atoms with van der Waals surface area (Å²) >= 11 is 0. The molecule has 2 aliphatic heterocycles. The summed E-state index contributed by atoms with van der Waals surface area (Å²) in [7, 11) is 1.58. The normalized spacial score (nSPS) is 20.6. The Bertz CT molecular complexity index is 1250. The lowest BCUT2D eigenvalue weighted by Crippen LogP contribution is -2.44. The first-order valence-electron chi connectivity index (χ1n) is 12.4. The topological polar surface area (TPSA) is 122 Å². The molecule has 3 N–H and O–H groups in total. The smallest absolute Gasteiger partial charge is 0.242 e. The SMILES string of the molecule is COc1ccc(-c2ccc3c(N4CCOC[C@@H]4C)nc(N[C@@H]4CCCCNC4=O)nc3n2)cc1CO. The second kappa shape index (κ2) is 10.6. The number of nitrogens with one attached hydrogen (secondary N) is 2. The fourth-order valence-corrected chi connectivity index (χ4v) is 4.77. The quantitative estimate of drug-likeness (QED) is 0.476. The third-order valence-electron chi connectivity index (χ3n) is 6.76. The Morgan fingerprint density at radius 1 is 1.22 bits per heavy atom. The van der Waals surface area contributed by atoms with Crippen LogP contribution in [0.25, 0.3) is 22.3 Å². The third-order valence-corrected chi connectivity index (χ3v) is 6.76. The van der Waals surface area contributed by atoms with E-state index in [1.807, 2.05) is 30.3 Å². The van der Waals surface area contributed by atoms with Crippen molar-refractivity contribution < 1.29 is 19.4 Å². The number of carbonyl (C=O) groups excluding carboxylic acids is 1. The van der Waals surface area contributed by atoms with Crippen LogP contribution in [-0.4, -0.2) is 71.5 Å². The summed E-state index contributed by atoms with van der Waals surface area (Å²) in [5.41, 5.74) is 2.79. The highest BCUT2D eigenvalue weighted by molar-refractivity contribution is 5.90. The van der Waals surface area contributed by atoms with Gasteiger partial charge in [-0.2, -0.15) is 9.97 Å². The van der Waals surface area contributed by atoms with Crippen molar-refractivity contribution in [1.29, 1.82) is 0 Å². The zero-order chi connectivity index (χ0) is 25.1. The lowest BCUT2D eigenvalue weighted by molar-refractivity contribution is -0.121. The van der Waals surface area contributed by atoms with Crippen LogP contribution in [0, 0.1) is 0 Å². The number of anilines is 2. The highest BCUT2D eigenvalue weighted by Crippen LogP contribution is 2.31. The molecular formula is C26H32N6O4. The third kappa shape index (κ3) is 4.91. The molecule has 1 amide bonds. The maximum Gasteiger partial charge on any atom is 0.242 e. The Hall–Kier alpha value is -3.50. The van der Waals surface area contributed by atoms with E-state index < -0.39 is 6.04 Å². The first-order chi connectivity index (χ1) is 17.6. The number of hydrogen-bond acceptors (Lipinski definition) is 9. The number of morpholine rings is 1. The second-order valence-electron chi connectivity index (χ2n) is 9.22. The molecule has 2 aromatic heterocycles. The summed E-state index contributed by atoms with van der Waals surface area (Å²) in [6.45, 7) is 4.59. The number of aliphatic hydroxyl groups excluding tert-OH is 1. The Kier molecular flexibility index (Phi) is 7.15. The minimum absolute atomic E-state index is 0.0334. The van der Waals surface area contributed by atoms with Gasteiger partial charge in [0.2, 0.25) is 11.9 Å². The number of nitrogens with zero attached hydrogens (tertiary/aromatic N) is 4. The maximum atomic E-state index is 12.6. The molecule has 0 unspecified atom stereocenters. The number of ether oxygens (including phenoxy) is 2. The molecule has 5 rings (SSSR count). The van der Waals surface area contributed by atoms with Gasteiger partial charge >= 0.3 is 0 Å². The maximum absolute atomic E-state index is 12.6. The van der Waals surface area contributed by atoms with Gasteiger partial charge in [0, 0.05) is 24.2 Å². The molecule has 0 radical (unpaired) electrons. The van der Waals surface area contributed by atoms with E-state index in [1.54, 1.807) is 7.11 Å². The van der Waals surface area contributed by atoms with Crippen LogP contribution in [0.2, 0.25) is 0 Å². The van der Waals surface area contributed by atoms with E-state index in [0.717, 1.165) is 41.7 Å². The van der Waals surface area contributed by atoms with Gasteiger partial charge in [-0.25, -0.2) is 4.98 Å². The van der Waals surface area contributed by atoms with Gasteiger partial charge in [-0.1, -0.05) is 0 Å². The molecular weight excluding hydrogens is 460 g/mol. The van der Waals surface area contributed by atoms with Gasteiger partial charge < -0.3 is 30.1 Å². The molecule has 3 aromatic rings. The summed E-state index contributed by atoms with van der Waals surface area (Å²) in [6, 6.07) is 9.28. The second-order valence-corrected chi connectivity index (χ2v) is 9.22. The molecule has 10 heteroatoms. The number of hydrogen-bond donors (Lipinski definition) is 3. The van der Waals surface area contributed by atoms with Gasteiger partial charge in [0.05, 0.1) is 44.1 Å². The number of carbonyl (C=O) groups is 1. The van der Waals surface area contributed by atoms with E-state index in [1.165, 1.54) is 0 Å². The van der Waals surface area contributed by atoms with Crippen molar-refractivity contribution in [3.05, 3.63) is 35.9 Å². The number of methoxy groups -OCH3 is 1. The average Bonchev–Trinajstić information content (AvgIpc) is 3.11. The van der Waals surface area contributed by atoms with E-state index in [9.17, 15) is 9.90 Å². The minimum Gasteiger partial charge on any atom is -0.496 e. The predicted octanol–water partition coefficient (Wildman–Crippen LogP) is 2.50. The zero-order valence-electron chi connectivity index (χ0n) is 20.7. The van der Waals surface area contributed by atoms with Crippen molar-refractivity contribution in [2.24, 2.45) is 0 Å². The highest BCUT2D eigenvalue weighted by atomic mass is 16.5. The molecule has 10 nitrogen and oxygen atoms in total. The summed E-state index contributed by atoms with van der Waals surface area (Å²) in [4.78, 5) is 29.3. The molecule has 2 fully saturated rings. The van der Waals surface area contributed by atoms with Crippen LogP contribution in [0.1, 0.15) is 31.7 Å². The number of pyridine rings is 1. The molecule has 2 aliphatic rings. The van der Waals surface area contributed by atoms with Gasteiger partial charge in [-0.15, -0.1) is 0 Å². The zero-order valence-corrected chi connectivity index (χ0v) is 20.7. The van der Waals surface area contributed by atoms with E-state index in [4.69, 9.17) is 24.4 Å². The predicted molar refractivity (Wildman–Crippen MR) is 137 cm³/mol. The monoisotopic (exact) mass is 492 g/mol. The Labute approximate surface area is 210 Å². The number of aromatic nitrogens is 3. The van der Waals surface area contributed by atoms with Crippen molar-refractivity contribution in [3.63, 3.8) is 0 Å². The minimum atomic E-state index is -0.392. The van der Waals surface area contributed by atoms with Crippen LogP contribution < -0.4 is 20.3 Å². The molecule has 0 spiro atoms. The lowest BCUT2D eigenvalue weighted by atomic mass is 10.1. The van der Waals surface area contributed by atoms with Gasteiger partial charge in [0.15, 0.2) is 5.65 Å². The van der Waals surface area contributed by atoms with Gasteiger partial charge in [-0.05, 0) is 56.5 Å². The number of aliphatic hydroxyl groups is 1. The standard InChI is InChI=1S/C26H32N6O4/c1-16-15-36-12-11-32(16)24-19-7-8-20(17-6-9-22(35-2)18(13-17)14-33)28-23(19)30-26(31-24)29-21-5-3-4-10-27-25(21)34/h6-9,13,16,21,33H,3-5,10-12,14-15H2,1-2H3,(H,27,34)(H,28,29,30,31)/t16-,21+/m0/s1. The summed E-state index contributed by atoms with van der Waals surface area (Å²) in [6.07, 6.45) is 2.63. The van der Waals surface area contributed by atoms with Gasteiger partial charge in [0.25, 0.3) is 0 Å². The average molecular weight is 493 g/mol. The van der Waals surface area contributed by atoms with Crippen molar-refractivity contribution in [2.75, 3.05) is 43.6 Å². The molecule has 0 saturated carbocycles. The molecule has 0 bridgehead atoms. The highest BCUT2D eigenvalue weighted by Gasteiger charge is 2.26. The number of benzene rings is 1. The molecule has 4 heterocycles. The van der Waals surface area contributed by atoms with Crippen LogP contribution in [0.3, 0.4) is 0 Å². The molecule has 36 heavy (non-hydrogen) atoms. The van der Waals surface area contributed by atoms with E-state index in [2.05, 4.69) is 22.5 Å². The largest absolute Gasteiger partial charge is 0.496 e. The van der Waals surface area contributed by atoms with Crippen molar-refractivity contribution in [1.82, 2.24) is 20.3 Å². The Balaban J connectivity index is 1.58. The van der Waals surface area contributed by atoms with Crippen LogP contribution in [-0.2, 0) is 16.1 Å². The fraction of sp³-hybridized carbons (Fsp3) is 0.462. The number of rotatable bonds is 6. The van der Waals surface area contributed by atoms with Crippen molar-refractivity contribution in [2.45, 2.75) is 44.9 Å². The molecule has 190 valence electrons. The first-order valence-corrected chi connectivity index (χ1v) is 12.4. The number of amides is 1. The van der Waals surface area contributed by atoms with E-state index in [0.29, 0.717) is 49.2 Å². The van der Waals surface area contributed by atoms with E-state index in [-0.39, 0.29) is 18.6 Å². The fourth-order valence-electron chi connectivity index (χ4n) is 4.77.